The molecule has 0 unspecified atom stereocenters. The lowest BCUT2D eigenvalue weighted by Gasteiger charge is -2.04. The second-order valence-electron chi connectivity index (χ2n) is 3.25. The van der Waals surface area contributed by atoms with Crippen molar-refractivity contribution >= 4 is 33.1 Å². The Morgan fingerprint density at radius 3 is 2.88 bits per heavy atom. The first-order chi connectivity index (χ1) is 8.29. The lowest BCUT2D eigenvalue weighted by molar-refractivity contribution is 1.01. The Morgan fingerprint density at radius 2 is 2.18 bits per heavy atom. The van der Waals surface area contributed by atoms with E-state index >= 15 is 0 Å². The van der Waals surface area contributed by atoms with Crippen LogP contribution in [0, 0.1) is 11.3 Å². The predicted molar refractivity (Wildman–Crippen MR) is 71.0 cm³/mol. The summed E-state index contributed by atoms with van der Waals surface area (Å²) in [6, 6.07) is 6.12. The van der Waals surface area contributed by atoms with Gasteiger partial charge in [-0.05, 0) is 34.5 Å². The summed E-state index contributed by atoms with van der Waals surface area (Å²) in [5, 5.41) is 12.0. The van der Waals surface area contributed by atoms with Crippen molar-refractivity contribution in [1.82, 2.24) is 9.97 Å². The molecule has 0 radical (unpaired) electrons. The smallest absolute Gasteiger partial charge is 0.182 e. The number of halogens is 1. The molecule has 0 spiro atoms. The third-order valence-corrected chi connectivity index (χ3v) is 3.78. The third-order valence-electron chi connectivity index (χ3n) is 2.10. The maximum atomic E-state index is 8.84. The van der Waals surface area contributed by atoms with Crippen molar-refractivity contribution in [3.8, 4) is 6.07 Å². The summed E-state index contributed by atoms with van der Waals surface area (Å²) in [7, 11) is 0. The zero-order valence-corrected chi connectivity index (χ0v) is 11.3. The summed E-state index contributed by atoms with van der Waals surface area (Å²) in [6.45, 7) is 0.736. The highest BCUT2D eigenvalue weighted by Gasteiger charge is 2.03. The summed E-state index contributed by atoms with van der Waals surface area (Å²) in [5.74, 6) is 0.547. The fourth-order valence-corrected chi connectivity index (χ4v) is 2.82. The Hall–Kier alpha value is -1.45. The molecular weight excluding hydrogens is 300 g/mol. The SMILES string of the molecule is N#Cc1nccnc1NCCc1ccc(Br)s1. The van der Waals surface area contributed by atoms with E-state index in [4.69, 9.17) is 5.26 Å². The first-order valence-electron chi connectivity index (χ1n) is 4.99. The Labute approximate surface area is 111 Å². The van der Waals surface area contributed by atoms with Gasteiger partial charge in [-0.1, -0.05) is 0 Å². The molecule has 17 heavy (non-hydrogen) atoms. The molecule has 0 saturated heterocycles. The number of nitrogens with one attached hydrogen (secondary N) is 1. The largest absolute Gasteiger partial charge is 0.367 e. The lowest BCUT2D eigenvalue weighted by atomic mass is 10.3. The zero-order chi connectivity index (χ0) is 12.1. The number of nitriles is 1. The second kappa shape index (κ2) is 5.75. The molecule has 0 aliphatic heterocycles. The van der Waals surface area contributed by atoms with Crippen LogP contribution < -0.4 is 5.32 Å². The molecule has 0 aliphatic carbocycles. The Bertz CT molecular complexity index is 546. The van der Waals surface area contributed by atoms with Crippen LogP contribution in [0.15, 0.2) is 28.3 Å². The molecule has 4 nitrogen and oxygen atoms in total. The molecule has 0 bridgehead atoms. The predicted octanol–water partition coefficient (Wildman–Crippen LogP) is 2.83. The number of hydrogen-bond acceptors (Lipinski definition) is 5. The van der Waals surface area contributed by atoms with E-state index in [1.165, 1.54) is 11.1 Å². The van der Waals surface area contributed by atoms with Crippen LogP contribution >= 0.6 is 27.3 Å². The van der Waals surface area contributed by atoms with Gasteiger partial charge in [-0.25, -0.2) is 9.97 Å². The molecule has 1 N–H and O–H groups in total. The van der Waals surface area contributed by atoms with Crippen molar-refractivity contribution in [2.24, 2.45) is 0 Å². The monoisotopic (exact) mass is 308 g/mol. The number of anilines is 1. The highest BCUT2D eigenvalue weighted by atomic mass is 79.9. The molecule has 6 heteroatoms. The molecule has 2 aromatic rings. The van der Waals surface area contributed by atoms with Gasteiger partial charge in [0.2, 0.25) is 0 Å². The van der Waals surface area contributed by atoms with Crippen LogP contribution in [-0.4, -0.2) is 16.5 Å². The van der Waals surface area contributed by atoms with Crippen molar-refractivity contribution in [1.29, 1.82) is 5.26 Å². The molecule has 0 aromatic carbocycles. The Morgan fingerprint density at radius 1 is 1.35 bits per heavy atom. The van der Waals surface area contributed by atoms with E-state index in [-0.39, 0.29) is 0 Å². The van der Waals surface area contributed by atoms with Crippen molar-refractivity contribution in [2.45, 2.75) is 6.42 Å². The fourth-order valence-electron chi connectivity index (χ4n) is 1.34. The van der Waals surface area contributed by atoms with Gasteiger partial charge < -0.3 is 5.32 Å². The number of thiophene rings is 1. The summed E-state index contributed by atoms with van der Waals surface area (Å²) in [6.07, 6.45) is 3.99. The summed E-state index contributed by atoms with van der Waals surface area (Å²) < 4.78 is 1.13. The standard InChI is InChI=1S/C11H9BrN4S/c12-10-2-1-8(17-10)3-4-15-11-9(7-13)14-5-6-16-11/h1-2,5-6H,3-4H2,(H,15,16). The van der Waals surface area contributed by atoms with E-state index in [9.17, 15) is 0 Å². The highest BCUT2D eigenvalue weighted by Crippen LogP contribution is 2.22. The van der Waals surface area contributed by atoms with Gasteiger partial charge in [0.05, 0.1) is 3.79 Å². The molecule has 0 atom stereocenters. The van der Waals surface area contributed by atoms with Crippen molar-refractivity contribution in [3.63, 3.8) is 0 Å². The van der Waals surface area contributed by atoms with E-state index in [1.54, 1.807) is 17.5 Å². The van der Waals surface area contributed by atoms with Crippen molar-refractivity contribution in [2.75, 3.05) is 11.9 Å². The Kier molecular flexibility index (Phi) is 4.07. The summed E-state index contributed by atoms with van der Waals surface area (Å²) in [4.78, 5) is 9.30. The van der Waals surface area contributed by atoms with Crippen molar-refractivity contribution < 1.29 is 0 Å². The van der Waals surface area contributed by atoms with Crippen LogP contribution in [0.1, 0.15) is 10.6 Å². The van der Waals surface area contributed by atoms with Gasteiger partial charge in [0.25, 0.3) is 0 Å². The molecule has 2 heterocycles. The molecule has 0 aliphatic rings. The zero-order valence-electron chi connectivity index (χ0n) is 8.85. The number of nitrogens with zero attached hydrogens (tertiary/aromatic N) is 3. The Balaban J connectivity index is 1.92. The normalized spacial score (nSPS) is 9.88. The molecule has 86 valence electrons. The first kappa shape index (κ1) is 12.0. The van der Waals surface area contributed by atoms with Crippen LogP contribution in [0.25, 0.3) is 0 Å². The maximum Gasteiger partial charge on any atom is 0.182 e. The van der Waals surface area contributed by atoms with E-state index in [0.29, 0.717) is 11.5 Å². The quantitative estimate of drug-likeness (QED) is 0.943. The molecule has 2 aromatic heterocycles. The van der Waals surface area contributed by atoms with Gasteiger partial charge in [0.15, 0.2) is 11.5 Å². The minimum atomic E-state index is 0.333. The first-order valence-corrected chi connectivity index (χ1v) is 6.60. The van der Waals surface area contributed by atoms with Gasteiger partial charge in [-0.15, -0.1) is 11.3 Å². The molecule has 0 fully saturated rings. The molecule has 2 rings (SSSR count). The van der Waals surface area contributed by atoms with Crippen LogP contribution in [-0.2, 0) is 6.42 Å². The molecule has 0 amide bonds. The summed E-state index contributed by atoms with van der Waals surface area (Å²) in [5.41, 5.74) is 0.333. The number of aromatic nitrogens is 2. The van der Waals surface area contributed by atoms with Gasteiger partial charge in [0, 0.05) is 23.8 Å². The number of hydrogen-bond donors (Lipinski definition) is 1. The van der Waals surface area contributed by atoms with E-state index in [2.05, 4.69) is 37.3 Å². The van der Waals surface area contributed by atoms with E-state index < -0.39 is 0 Å². The van der Waals surface area contributed by atoms with Crippen LogP contribution in [0.2, 0.25) is 0 Å². The van der Waals surface area contributed by atoms with Crippen LogP contribution in [0.5, 0.6) is 0 Å². The van der Waals surface area contributed by atoms with Crippen LogP contribution in [0.3, 0.4) is 0 Å². The molecule has 0 saturated carbocycles. The van der Waals surface area contributed by atoms with Gasteiger partial charge in [0.1, 0.15) is 6.07 Å². The van der Waals surface area contributed by atoms with Crippen LogP contribution in [0.4, 0.5) is 5.82 Å². The third kappa shape index (κ3) is 3.25. The minimum absolute atomic E-state index is 0.333. The van der Waals surface area contributed by atoms with Gasteiger partial charge in [-0.2, -0.15) is 5.26 Å². The average molecular weight is 309 g/mol. The minimum Gasteiger partial charge on any atom is -0.367 e. The second-order valence-corrected chi connectivity index (χ2v) is 5.80. The fraction of sp³-hybridized carbons (Fsp3) is 0.182. The van der Waals surface area contributed by atoms with Gasteiger partial charge in [-0.3, -0.25) is 0 Å². The topological polar surface area (TPSA) is 61.6 Å². The summed E-state index contributed by atoms with van der Waals surface area (Å²) >= 11 is 5.13. The van der Waals surface area contributed by atoms with Gasteiger partial charge >= 0.3 is 0 Å². The highest BCUT2D eigenvalue weighted by molar-refractivity contribution is 9.11. The molecular formula is C11H9BrN4S. The van der Waals surface area contributed by atoms with Crippen molar-refractivity contribution in [3.05, 3.63) is 38.9 Å². The lowest BCUT2D eigenvalue weighted by Crippen LogP contribution is -2.07. The number of rotatable bonds is 4. The van der Waals surface area contributed by atoms with E-state index in [0.717, 1.165) is 16.8 Å². The maximum absolute atomic E-state index is 8.84. The average Bonchev–Trinajstić information content (AvgIpc) is 2.76. The van der Waals surface area contributed by atoms with E-state index in [1.807, 2.05) is 12.1 Å².